The molecule has 0 unspecified atom stereocenters. The molecule has 0 atom stereocenters. The van der Waals surface area contributed by atoms with Gasteiger partial charge in [0.15, 0.2) is 0 Å². The molecule has 0 heterocycles. The SMILES string of the molecule is O=C(CSc1ccccc1)Nc1cc(C(=O)O)cc(C(=O)O)c1. The largest absolute Gasteiger partial charge is 0.478 e. The van der Waals surface area contributed by atoms with Gasteiger partial charge < -0.3 is 15.5 Å². The van der Waals surface area contributed by atoms with E-state index in [9.17, 15) is 14.4 Å². The molecule has 0 bridgehead atoms. The van der Waals surface area contributed by atoms with E-state index in [0.29, 0.717) is 0 Å². The van der Waals surface area contributed by atoms with E-state index in [0.717, 1.165) is 11.0 Å². The molecule has 118 valence electrons. The number of rotatable bonds is 6. The van der Waals surface area contributed by atoms with Gasteiger partial charge in [0.05, 0.1) is 16.9 Å². The molecule has 0 spiro atoms. The number of carboxylic acids is 2. The Labute approximate surface area is 136 Å². The minimum Gasteiger partial charge on any atom is -0.478 e. The predicted molar refractivity (Wildman–Crippen MR) is 86.2 cm³/mol. The fourth-order valence-electron chi connectivity index (χ4n) is 1.81. The monoisotopic (exact) mass is 331 g/mol. The summed E-state index contributed by atoms with van der Waals surface area (Å²) < 4.78 is 0. The molecule has 1 amide bonds. The van der Waals surface area contributed by atoms with E-state index < -0.39 is 11.9 Å². The van der Waals surface area contributed by atoms with Crippen LogP contribution in [-0.4, -0.2) is 33.8 Å². The number of hydrogen-bond donors (Lipinski definition) is 3. The minimum absolute atomic E-state index is 0.129. The molecule has 6 nitrogen and oxygen atoms in total. The highest BCUT2D eigenvalue weighted by Gasteiger charge is 2.13. The summed E-state index contributed by atoms with van der Waals surface area (Å²) in [4.78, 5) is 34.9. The van der Waals surface area contributed by atoms with Gasteiger partial charge in [0.25, 0.3) is 0 Å². The van der Waals surface area contributed by atoms with Gasteiger partial charge in [-0.3, -0.25) is 4.79 Å². The number of nitrogens with one attached hydrogen (secondary N) is 1. The average Bonchev–Trinajstić information content (AvgIpc) is 2.53. The van der Waals surface area contributed by atoms with Gasteiger partial charge in [-0.1, -0.05) is 18.2 Å². The summed E-state index contributed by atoms with van der Waals surface area (Å²) >= 11 is 1.32. The highest BCUT2D eigenvalue weighted by Crippen LogP contribution is 2.19. The second-order valence-corrected chi connectivity index (χ2v) is 5.61. The summed E-state index contributed by atoms with van der Waals surface area (Å²) in [6, 6.07) is 12.8. The van der Waals surface area contributed by atoms with Crippen molar-refractivity contribution in [2.75, 3.05) is 11.1 Å². The highest BCUT2D eigenvalue weighted by atomic mass is 32.2. The van der Waals surface area contributed by atoms with Crippen LogP contribution >= 0.6 is 11.8 Å². The molecule has 3 N–H and O–H groups in total. The van der Waals surface area contributed by atoms with Crippen molar-refractivity contribution in [2.45, 2.75) is 4.90 Å². The van der Waals surface area contributed by atoms with Crippen LogP contribution in [0.5, 0.6) is 0 Å². The molecule has 0 fully saturated rings. The number of amides is 1. The maximum absolute atomic E-state index is 11.9. The van der Waals surface area contributed by atoms with E-state index in [4.69, 9.17) is 10.2 Å². The third-order valence-corrected chi connectivity index (χ3v) is 3.84. The first-order chi connectivity index (χ1) is 11.0. The van der Waals surface area contributed by atoms with E-state index in [1.807, 2.05) is 30.3 Å². The Morgan fingerprint density at radius 2 is 1.48 bits per heavy atom. The molecular formula is C16H13NO5S. The maximum Gasteiger partial charge on any atom is 0.335 e. The molecule has 23 heavy (non-hydrogen) atoms. The van der Waals surface area contributed by atoms with Crippen LogP contribution in [0.4, 0.5) is 5.69 Å². The average molecular weight is 331 g/mol. The highest BCUT2D eigenvalue weighted by molar-refractivity contribution is 8.00. The van der Waals surface area contributed by atoms with Crippen LogP contribution in [0, 0.1) is 0 Å². The summed E-state index contributed by atoms with van der Waals surface area (Å²) in [6.07, 6.45) is 0. The molecule has 7 heteroatoms. The Kier molecular flexibility index (Phi) is 5.37. The number of aromatic carboxylic acids is 2. The minimum atomic E-state index is -1.26. The zero-order valence-corrected chi connectivity index (χ0v) is 12.7. The summed E-state index contributed by atoms with van der Waals surface area (Å²) in [5, 5.41) is 20.5. The van der Waals surface area contributed by atoms with Crippen molar-refractivity contribution in [3.05, 3.63) is 59.7 Å². The van der Waals surface area contributed by atoms with Crippen LogP contribution in [0.25, 0.3) is 0 Å². The van der Waals surface area contributed by atoms with Crippen molar-refractivity contribution in [3.63, 3.8) is 0 Å². The van der Waals surface area contributed by atoms with Gasteiger partial charge in [0.1, 0.15) is 0 Å². The first-order valence-electron chi connectivity index (χ1n) is 6.55. The van der Waals surface area contributed by atoms with Crippen LogP contribution < -0.4 is 5.32 Å². The van der Waals surface area contributed by atoms with Crippen LogP contribution in [0.3, 0.4) is 0 Å². The van der Waals surface area contributed by atoms with Gasteiger partial charge in [0, 0.05) is 10.6 Å². The van der Waals surface area contributed by atoms with Crippen LogP contribution in [0.1, 0.15) is 20.7 Å². The number of benzene rings is 2. The first kappa shape index (κ1) is 16.6. The Bertz CT molecular complexity index is 713. The number of carbonyl (C=O) groups excluding carboxylic acids is 1. The van der Waals surface area contributed by atoms with Crippen molar-refractivity contribution in [3.8, 4) is 0 Å². The number of anilines is 1. The lowest BCUT2D eigenvalue weighted by atomic mass is 10.1. The van der Waals surface area contributed by atoms with E-state index in [1.165, 1.54) is 23.9 Å². The van der Waals surface area contributed by atoms with Crippen molar-refractivity contribution in [1.82, 2.24) is 0 Å². The molecule has 2 aromatic rings. The molecule has 0 saturated carbocycles. The second-order valence-electron chi connectivity index (χ2n) is 4.56. The van der Waals surface area contributed by atoms with Gasteiger partial charge in [-0.2, -0.15) is 0 Å². The molecule has 0 aliphatic rings. The number of carbonyl (C=O) groups is 3. The van der Waals surface area contributed by atoms with Gasteiger partial charge in [-0.15, -0.1) is 11.8 Å². The topological polar surface area (TPSA) is 104 Å². The summed E-state index contributed by atoms with van der Waals surface area (Å²) in [5.41, 5.74) is -0.257. The van der Waals surface area contributed by atoms with Gasteiger partial charge >= 0.3 is 11.9 Å². The maximum atomic E-state index is 11.9. The molecular weight excluding hydrogens is 318 g/mol. The zero-order chi connectivity index (χ0) is 16.8. The smallest absolute Gasteiger partial charge is 0.335 e. The van der Waals surface area contributed by atoms with E-state index in [1.54, 1.807) is 0 Å². The molecule has 2 rings (SSSR count). The van der Waals surface area contributed by atoms with Gasteiger partial charge in [-0.05, 0) is 30.3 Å². The summed E-state index contributed by atoms with van der Waals surface area (Å²) in [6.45, 7) is 0. The van der Waals surface area contributed by atoms with Gasteiger partial charge in [-0.25, -0.2) is 9.59 Å². The normalized spacial score (nSPS) is 10.1. The van der Waals surface area contributed by atoms with Crippen molar-refractivity contribution in [1.29, 1.82) is 0 Å². The molecule has 2 aromatic carbocycles. The van der Waals surface area contributed by atoms with E-state index in [-0.39, 0.29) is 28.5 Å². The summed E-state index contributed by atoms with van der Waals surface area (Å²) in [7, 11) is 0. The molecule has 0 aliphatic carbocycles. The standard InChI is InChI=1S/C16H13NO5S/c18-14(9-23-13-4-2-1-3-5-13)17-12-7-10(15(19)20)6-11(8-12)16(21)22/h1-8H,9H2,(H,17,18)(H,19,20)(H,21,22). The van der Waals surface area contributed by atoms with Crippen molar-refractivity contribution in [2.24, 2.45) is 0 Å². The van der Waals surface area contributed by atoms with Crippen molar-refractivity contribution < 1.29 is 24.6 Å². The fourth-order valence-corrected chi connectivity index (χ4v) is 2.53. The third-order valence-electron chi connectivity index (χ3n) is 2.82. The summed E-state index contributed by atoms with van der Waals surface area (Å²) in [5.74, 6) is -2.74. The predicted octanol–water partition coefficient (Wildman–Crippen LogP) is 2.81. The fraction of sp³-hybridized carbons (Fsp3) is 0.0625. The number of carboxylic acid groups (broad SMARTS) is 2. The molecule has 0 aliphatic heterocycles. The van der Waals surface area contributed by atoms with E-state index in [2.05, 4.69) is 5.32 Å². The number of thioether (sulfide) groups is 1. The number of hydrogen-bond acceptors (Lipinski definition) is 4. The lowest BCUT2D eigenvalue weighted by Gasteiger charge is -2.08. The Balaban J connectivity index is 2.07. The van der Waals surface area contributed by atoms with Crippen LogP contribution in [0.15, 0.2) is 53.4 Å². The first-order valence-corrected chi connectivity index (χ1v) is 7.53. The lowest BCUT2D eigenvalue weighted by Crippen LogP contribution is -2.15. The zero-order valence-electron chi connectivity index (χ0n) is 11.9. The third kappa shape index (κ3) is 4.86. The van der Waals surface area contributed by atoms with Gasteiger partial charge in [0.2, 0.25) is 5.91 Å². The lowest BCUT2D eigenvalue weighted by molar-refractivity contribution is -0.113. The Morgan fingerprint density at radius 3 is 2.00 bits per heavy atom. The van der Waals surface area contributed by atoms with Crippen LogP contribution in [-0.2, 0) is 4.79 Å². The van der Waals surface area contributed by atoms with Crippen molar-refractivity contribution >= 4 is 35.3 Å². The molecule has 0 radical (unpaired) electrons. The Morgan fingerprint density at radius 1 is 0.913 bits per heavy atom. The van der Waals surface area contributed by atoms with E-state index >= 15 is 0 Å². The second kappa shape index (κ2) is 7.46. The molecule has 0 saturated heterocycles. The van der Waals surface area contributed by atoms with Crippen LogP contribution in [0.2, 0.25) is 0 Å². The quantitative estimate of drug-likeness (QED) is 0.703. The Hall–Kier alpha value is -2.80. The molecule has 0 aromatic heterocycles.